The van der Waals surface area contributed by atoms with Crippen LogP contribution in [0, 0.1) is 0 Å². The number of carbonyl (C=O) groups excluding carboxylic acids is 1. The van der Waals surface area contributed by atoms with Crippen LogP contribution in [0.15, 0.2) is 29.2 Å². The van der Waals surface area contributed by atoms with Crippen LogP contribution in [0.5, 0.6) is 0 Å². The minimum Gasteiger partial charge on any atom is -0.343 e. The van der Waals surface area contributed by atoms with Crippen molar-refractivity contribution in [2.45, 2.75) is 49.5 Å². The van der Waals surface area contributed by atoms with Gasteiger partial charge in [-0.2, -0.15) is 4.31 Å². The van der Waals surface area contributed by atoms with Gasteiger partial charge in [0.1, 0.15) is 0 Å². The highest BCUT2D eigenvalue weighted by Gasteiger charge is 2.27. The summed E-state index contributed by atoms with van der Waals surface area (Å²) in [7, 11) is -1.39. The molecule has 2 fully saturated rings. The maximum absolute atomic E-state index is 12.5. The monoisotopic (exact) mass is 379 g/mol. The number of aryl methyl sites for hydroxylation is 1. The molecule has 2 aliphatic rings. The van der Waals surface area contributed by atoms with Crippen LogP contribution in [0.2, 0.25) is 0 Å². The van der Waals surface area contributed by atoms with E-state index in [0.717, 1.165) is 44.3 Å². The first-order valence-electron chi connectivity index (χ1n) is 9.55. The Morgan fingerprint density at radius 3 is 2.27 bits per heavy atom. The second-order valence-corrected chi connectivity index (χ2v) is 9.14. The van der Waals surface area contributed by atoms with Gasteiger partial charge in [0, 0.05) is 38.6 Å². The molecule has 144 valence electrons. The minimum absolute atomic E-state index is 0.188. The highest BCUT2D eigenvalue weighted by molar-refractivity contribution is 7.89. The Morgan fingerprint density at radius 1 is 1.08 bits per heavy atom. The topological polar surface area (TPSA) is 69.7 Å². The Labute approximate surface area is 156 Å². The third kappa shape index (κ3) is 4.45. The van der Waals surface area contributed by atoms with Gasteiger partial charge in [-0.1, -0.05) is 12.1 Å². The lowest BCUT2D eigenvalue weighted by Gasteiger charge is -2.31. The summed E-state index contributed by atoms with van der Waals surface area (Å²) in [5.41, 5.74) is 1.00. The Bertz CT molecular complexity index is 704. The summed E-state index contributed by atoms with van der Waals surface area (Å²) in [5.74, 6) is 0.188. The van der Waals surface area contributed by atoms with Crippen molar-refractivity contribution in [3.05, 3.63) is 29.8 Å². The number of hydrogen-bond donors (Lipinski definition) is 1. The van der Waals surface area contributed by atoms with Gasteiger partial charge in [-0.05, 0) is 56.8 Å². The smallest absolute Gasteiger partial charge is 0.243 e. The summed E-state index contributed by atoms with van der Waals surface area (Å²) in [4.78, 5) is 14.7. The zero-order valence-electron chi connectivity index (χ0n) is 15.5. The van der Waals surface area contributed by atoms with E-state index in [1.54, 1.807) is 16.4 Å². The second kappa shape index (κ2) is 8.50. The van der Waals surface area contributed by atoms with Gasteiger partial charge in [0.15, 0.2) is 0 Å². The Balaban J connectivity index is 1.52. The summed E-state index contributed by atoms with van der Waals surface area (Å²) in [6.45, 7) is 2.86. The van der Waals surface area contributed by atoms with Gasteiger partial charge in [0.2, 0.25) is 15.9 Å². The van der Waals surface area contributed by atoms with Gasteiger partial charge in [-0.3, -0.25) is 4.79 Å². The molecule has 26 heavy (non-hydrogen) atoms. The van der Waals surface area contributed by atoms with Crippen molar-refractivity contribution in [2.75, 3.05) is 33.2 Å². The van der Waals surface area contributed by atoms with Crippen LogP contribution >= 0.6 is 0 Å². The maximum Gasteiger partial charge on any atom is 0.243 e. The summed E-state index contributed by atoms with van der Waals surface area (Å²) in [5, 5.41) is 3.27. The average Bonchev–Trinajstić information content (AvgIpc) is 3.22. The molecule has 0 aromatic heterocycles. The van der Waals surface area contributed by atoms with Crippen LogP contribution in [-0.2, 0) is 21.2 Å². The Hall–Kier alpha value is -1.44. The molecule has 1 N–H and O–H groups in total. The van der Waals surface area contributed by atoms with Crippen molar-refractivity contribution in [1.82, 2.24) is 14.5 Å². The summed E-state index contributed by atoms with van der Waals surface area (Å²) in [6, 6.07) is 7.54. The van der Waals surface area contributed by atoms with E-state index in [1.165, 1.54) is 0 Å². The van der Waals surface area contributed by atoms with Crippen LogP contribution < -0.4 is 5.32 Å². The molecule has 1 aromatic carbocycles. The summed E-state index contributed by atoms with van der Waals surface area (Å²) in [6.07, 6.45) is 5.00. The number of nitrogens with zero attached hydrogens (tertiary/aromatic N) is 2. The first-order chi connectivity index (χ1) is 12.5. The highest BCUT2D eigenvalue weighted by Crippen LogP contribution is 2.21. The first-order valence-corrected chi connectivity index (χ1v) is 11.0. The molecule has 2 aliphatic heterocycles. The van der Waals surface area contributed by atoms with Crippen molar-refractivity contribution >= 4 is 15.9 Å². The molecule has 0 atom stereocenters. The number of amides is 1. The van der Waals surface area contributed by atoms with Crippen LogP contribution in [0.4, 0.5) is 0 Å². The molecule has 2 saturated heterocycles. The number of likely N-dealkylation sites (tertiary alicyclic amines) is 1. The third-order valence-electron chi connectivity index (χ3n) is 5.51. The molecule has 7 heteroatoms. The zero-order valence-corrected chi connectivity index (χ0v) is 16.3. The second-order valence-electron chi connectivity index (χ2n) is 7.20. The van der Waals surface area contributed by atoms with E-state index in [2.05, 4.69) is 5.32 Å². The van der Waals surface area contributed by atoms with E-state index in [9.17, 15) is 13.2 Å². The van der Waals surface area contributed by atoms with Gasteiger partial charge >= 0.3 is 0 Å². The van der Waals surface area contributed by atoms with Gasteiger partial charge in [-0.15, -0.1) is 0 Å². The fourth-order valence-electron chi connectivity index (χ4n) is 3.73. The van der Waals surface area contributed by atoms with Crippen LogP contribution in [-0.4, -0.2) is 62.8 Å². The van der Waals surface area contributed by atoms with Crippen molar-refractivity contribution < 1.29 is 13.2 Å². The fraction of sp³-hybridized carbons (Fsp3) is 0.632. The number of benzene rings is 1. The fourth-order valence-corrected chi connectivity index (χ4v) is 5.25. The van der Waals surface area contributed by atoms with E-state index in [4.69, 9.17) is 0 Å². The summed E-state index contributed by atoms with van der Waals surface area (Å²) >= 11 is 0. The highest BCUT2D eigenvalue weighted by atomic mass is 32.2. The normalized spacial score (nSPS) is 19.8. The molecule has 1 amide bonds. The summed E-state index contributed by atoms with van der Waals surface area (Å²) < 4.78 is 26.6. The van der Waals surface area contributed by atoms with Crippen LogP contribution in [0.25, 0.3) is 0 Å². The van der Waals surface area contributed by atoms with E-state index >= 15 is 0 Å². The van der Waals surface area contributed by atoms with Gasteiger partial charge in [0.05, 0.1) is 4.90 Å². The molecule has 0 saturated carbocycles. The molecule has 0 bridgehead atoms. The predicted molar refractivity (Wildman–Crippen MR) is 101 cm³/mol. The lowest BCUT2D eigenvalue weighted by molar-refractivity contribution is -0.132. The number of carbonyl (C=O) groups is 1. The SMILES string of the molecule is CNC1CCN(C(=O)CCc2ccc(S(=O)(=O)N3CCCC3)cc2)CC1. The van der Waals surface area contributed by atoms with Crippen LogP contribution in [0.1, 0.15) is 37.7 Å². The molecule has 0 aliphatic carbocycles. The molecule has 0 radical (unpaired) electrons. The number of rotatable bonds is 6. The first kappa shape index (κ1) is 19.3. The molecule has 1 aromatic rings. The average molecular weight is 380 g/mol. The number of hydrogen-bond acceptors (Lipinski definition) is 4. The molecule has 0 unspecified atom stereocenters. The van der Waals surface area contributed by atoms with Crippen molar-refractivity contribution in [2.24, 2.45) is 0 Å². The lowest BCUT2D eigenvalue weighted by atomic mass is 10.0. The molecular formula is C19H29N3O3S. The van der Waals surface area contributed by atoms with Crippen molar-refractivity contribution in [1.29, 1.82) is 0 Å². The van der Waals surface area contributed by atoms with Gasteiger partial charge in [0.25, 0.3) is 0 Å². The lowest BCUT2D eigenvalue weighted by Crippen LogP contribution is -2.44. The minimum atomic E-state index is -3.36. The van der Waals surface area contributed by atoms with Crippen LogP contribution in [0.3, 0.4) is 0 Å². The van der Waals surface area contributed by atoms with Gasteiger partial charge < -0.3 is 10.2 Å². The third-order valence-corrected chi connectivity index (χ3v) is 7.42. The number of nitrogens with one attached hydrogen (secondary N) is 1. The van der Waals surface area contributed by atoms with E-state index in [1.807, 2.05) is 24.1 Å². The molecule has 3 rings (SSSR count). The number of sulfonamides is 1. The standard InChI is InChI=1S/C19H29N3O3S/c1-20-17-10-14-21(15-11-17)19(23)9-6-16-4-7-18(8-5-16)26(24,25)22-12-2-3-13-22/h4-5,7-8,17,20H,2-3,6,9-15H2,1H3. The molecule has 6 nitrogen and oxygen atoms in total. The van der Waals surface area contributed by atoms with E-state index < -0.39 is 10.0 Å². The Morgan fingerprint density at radius 2 is 1.69 bits per heavy atom. The molecule has 2 heterocycles. The van der Waals surface area contributed by atoms with E-state index in [-0.39, 0.29) is 5.91 Å². The largest absolute Gasteiger partial charge is 0.343 e. The number of piperidine rings is 1. The van der Waals surface area contributed by atoms with E-state index in [0.29, 0.717) is 36.9 Å². The van der Waals surface area contributed by atoms with Crippen molar-refractivity contribution in [3.8, 4) is 0 Å². The maximum atomic E-state index is 12.5. The molecular weight excluding hydrogens is 350 g/mol. The molecule has 0 spiro atoms. The van der Waals surface area contributed by atoms with Crippen molar-refractivity contribution in [3.63, 3.8) is 0 Å². The quantitative estimate of drug-likeness (QED) is 0.815. The zero-order chi connectivity index (χ0) is 18.6. The predicted octanol–water partition coefficient (Wildman–Crippen LogP) is 1.61. The Kier molecular flexibility index (Phi) is 6.32. The van der Waals surface area contributed by atoms with Gasteiger partial charge in [-0.25, -0.2) is 8.42 Å².